The maximum atomic E-state index is 12.0. The second-order valence-electron chi connectivity index (χ2n) is 6.46. The molecular weight excluding hydrogens is 284 g/mol. The second kappa shape index (κ2) is 5.51. The molecule has 0 atom stereocenters. The van der Waals surface area contributed by atoms with Crippen LogP contribution in [0.3, 0.4) is 0 Å². The highest BCUT2D eigenvalue weighted by Crippen LogP contribution is 2.35. The van der Waals surface area contributed by atoms with Crippen molar-refractivity contribution in [2.24, 2.45) is 0 Å². The minimum atomic E-state index is -0.473. The number of amides is 1. The van der Waals surface area contributed by atoms with Gasteiger partial charge < -0.3 is 19.1 Å². The van der Waals surface area contributed by atoms with Crippen LogP contribution >= 0.6 is 0 Å². The molecule has 3 heterocycles. The smallest absolute Gasteiger partial charge is 0.410 e. The first-order chi connectivity index (χ1) is 10.4. The van der Waals surface area contributed by atoms with E-state index in [0.29, 0.717) is 13.1 Å². The standard InChI is InChI=1S/C16H20N2O4/c1-16(2,3)22-15(19)18-9-11(10-18)13-8-17-5-4-12(13)14-20-6-7-21-14/h4-8,11,14H,9-10H2,1-3H3. The van der Waals surface area contributed by atoms with Crippen LogP contribution in [0.4, 0.5) is 4.79 Å². The van der Waals surface area contributed by atoms with E-state index in [9.17, 15) is 4.79 Å². The average Bonchev–Trinajstić information content (AvgIpc) is 2.89. The summed E-state index contributed by atoms with van der Waals surface area (Å²) in [5.41, 5.74) is 1.53. The molecule has 2 aliphatic heterocycles. The van der Waals surface area contributed by atoms with Gasteiger partial charge in [0.2, 0.25) is 0 Å². The van der Waals surface area contributed by atoms with Crippen LogP contribution in [-0.4, -0.2) is 34.7 Å². The van der Waals surface area contributed by atoms with Crippen LogP contribution in [0.25, 0.3) is 0 Å². The Hall–Kier alpha value is -2.24. The van der Waals surface area contributed by atoms with Crippen molar-refractivity contribution < 1.29 is 19.0 Å². The van der Waals surface area contributed by atoms with Crippen LogP contribution < -0.4 is 0 Å². The molecule has 1 aromatic rings. The summed E-state index contributed by atoms with van der Waals surface area (Å²) in [4.78, 5) is 17.9. The number of likely N-dealkylation sites (tertiary alicyclic amines) is 1. The molecule has 118 valence electrons. The molecule has 2 aliphatic rings. The Kier molecular flexibility index (Phi) is 3.68. The lowest BCUT2D eigenvalue weighted by Gasteiger charge is -2.40. The minimum absolute atomic E-state index is 0.226. The summed E-state index contributed by atoms with van der Waals surface area (Å²) >= 11 is 0. The summed E-state index contributed by atoms with van der Waals surface area (Å²) < 4.78 is 16.2. The molecule has 6 heteroatoms. The van der Waals surface area contributed by atoms with E-state index >= 15 is 0 Å². The predicted molar refractivity (Wildman–Crippen MR) is 78.8 cm³/mol. The first kappa shape index (κ1) is 14.7. The summed E-state index contributed by atoms with van der Waals surface area (Å²) in [5.74, 6) is 0.226. The maximum absolute atomic E-state index is 12.0. The number of rotatable bonds is 2. The molecule has 0 aromatic carbocycles. The summed E-state index contributed by atoms with van der Waals surface area (Å²) in [6.07, 6.45) is 5.90. The van der Waals surface area contributed by atoms with Gasteiger partial charge in [-0.25, -0.2) is 4.79 Å². The van der Waals surface area contributed by atoms with Crippen LogP contribution in [0.2, 0.25) is 0 Å². The fourth-order valence-electron chi connectivity index (χ4n) is 2.51. The zero-order chi connectivity index (χ0) is 15.7. The highest BCUT2D eigenvalue weighted by molar-refractivity contribution is 5.69. The fraction of sp³-hybridized carbons (Fsp3) is 0.500. The van der Waals surface area contributed by atoms with Crippen molar-refractivity contribution in [2.75, 3.05) is 13.1 Å². The van der Waals surface area contributed by atoms with E-state index < -0.39 is 11.9 Å². The molecule has 0 bridgehead atoms. The van der Waals surface area contributed by atoms with Gasteiger partial charge in [0.05, 0.1) is 0 Å². The molecule has 1 amide bonds. The van der Waals surface area contributed by atoms with Gasteiger partial charge >= 0.3 is 6.09 Å². The van der Waals surface area contributed by atoms with E-state index in [2.05, 4.69) is 4.98 Å². The molecule has 0 radical (unpaired) electrons. The van der Waals surface area contributed by atoms with Gasteiger partial charge in [0.15, 0.2) is 0 Å². The van der Waals surface area contributed by atoms with E-state index in [-0.39, 0.29) is 12.0 Å². The number of hydrogen-bond acceptors (Lipinski definition) is 5. The number of nitrogens with zero attached hydrogens (tertiary/aromatic N) is 2. The monoisotopic (exact) mass is 304 g/mol. The van der Waals surface area contributed by atoms with E-state index in [4.69, 9.17) is 14.2 Å². The van der Waals surface area contributed by atoms with Gasteiger partial charge in [-0.1, -0.05) is 0 Å². The molecular formula is C16H20N2O4. The number of carbonyl (C=O) groups excluding carboxylic acids is 1. The lowest BCUT2D eigenvalue weighted by atomic mass is 9.89. The predicted octanol–water partition coefficient (Wildman–Crippen LogP) is 2.93. The SMILES string of the molecule is CC(C)(C)OC(=O)N1CC(c2cnccc2C2OC=CO2)C1. The molecule has 0 spiro atoms. The number of hydrogen-bond donors (Lipinski definition) is 0. The molecule has 1 fully saturated rings. The van der Waals surface area contributed by atoms with Crippen LogP contribution in [0.15, 0.2) is 31.0 Å². The molecule has 0 unspecified atom stereocenters. The Bertz CT molecular complexity index is 580. The Morgan fingerprint density at radius 2 is 1.95 bits per heavy atom. The Morgan fingerprint density at radius 1 is 1.27 bits per heavy atom. The van der Waals surface area contributed by atoms with Gasteiger partial charge in [0.1, 0.15) is 18.1 Å². The lowest BCUT2D eigenvalue weighted by molar-refractivity contribution is -0.0266. The first-order valence-electron chi connectivity index (χ1n) is 7.32. The molecule has 0 saturated carbocycles. The fourth-order valence-corrected chi connectivity index (χ4v) is 2.51. The van der Waals surface area contributed by atoms with Crippen LogP contribution in [0.1, 0.15) is 44.1 Å². The maximum Gasteiger partial charge on any atom is 0.410 e. The minimum Gasteiger partial charge on any atom is -0.455 e. The Balaban J connectivity index is 1.64. The van der Waals surface area contributed by atoms with E-state index in [0.717, 1.165) is 11.1 Å². The van der Waals surface area contributed by atoms with Gasteiger partial charge in [-0.15, -0.1) is 0 Å². The highest BCUT2D eigenvalue weighted by Gasteiger charge is 2.37. The van der Waals surface area contributed by atoms with E-state index in [1.54, 1.807) is 11.1 Å². The topological polar surface area (TPSA) is 60.9 Å². The lowest BCUT2D eigenvalue weighted by Crippen LogP contribution is -2.50. The quantitative estimate of drug-likeness (QED) is 0.840. The zero-order valence-corrected chi connectivity index (χ0v) is 13.0. The molecule has 0 aliphatic carbocycles. The molecule has 1 saturated heterocycles. The van der Waals surface area contributed by atoms with Gasteiger partial charge in [0, 0.05) is 37.0 Å². The summed E-state index contributed by atoms with van der Waals surface area (Å²) in [7, 11) is 0. The van der Waals surface area contributed by atoms with Gasteiger partial charge in [-0.2, -0.15) is 0 Å². The van der Waals surface area contributed by atoms with Crippen molar-refractivity contribution in [1.29, 1.82) is 0 Å². The van der Waals surface area contributed by atoms with Crippen molar-refractivity contribution in [2.45, 2.75) is 38.6 Å². The summed E-state index contributed by atoms with van der Waals surface area (Å²) in [5, 5.41) is 0. The third kappa shape index (κ3) is 3.00. The molecule has 3 rings (SSSR count). The number of carbonyl (C=O) groups is 1. The van der Waals surface area contributed by atoms with Crippen molar-refractivity contribution in [3.63, 3.8) is 0 Å². The Labute approximate surface area is 129 Å². The van der Waals surface area contributed by atoms with Crippen molar-refractivity contribution in [3.8, 4) is 0 Å². The van der Waals surface area contributed by atoms with E-state index in [1.807, 2.05) is 33.0 Å². The third-order valence-electron chi connectivity index (χ3n) is 3.57. The zero-order valence-electron chi connectivity index (χ0n) is 13.0. The van der Waals surface area contributed by atoms with Crippen LogP contribution in [0.5, 0.6) is 0 Å². The molecule has 1 aromatic heterocycles. The number of aromatic nitrogens is 1. The van der Waals surface area contributed by atoms with Crippen molar-refractivity contribution in [1.82, 2.24) is 9.88 Å². The average molecular weight is 304 g/mol. The molecule has 22 heavy (non-hydrogen) atoms. The van der Waals surface area contributed by atoms with Crippen LogP contribution in [0, 0.1) is 0 Å². The number of pyridine rings is 1. The summed E-state index contributed by atoms with van der Waals surface area (Å²) in [6.45, 7) is 6.83. The van der Waals surface area contributed by atoms with E-state index in [1.165, 1.54) is 12.5 Å². The van der Waals surface area contributed by atoms with Crippen molar-refractivity contribution >= 4 is 6.09 Å². The third-order valence-corrected chi connectivity index (χ3v) is 3.57. The highest BCUT2D eigenvalue weighted by atomic mass is 16.7. The van der Waals surface area contributed by atoms with Crippen LogP contribution in [-0.2, 0) is 14.2 Å². The van der Waals surface area contributed by atoms with Gasteiger partial charge in [0.25, 0.3) is 6.29 Å². The molecule has 0 N–H and O–H groups in total. The first-order valence-corrected chi connectivity index (χ1v) is 7.32. The van der Waals surface area contributed by atoms with Crippen molar-refractivity contribution in [3.05, 3.63) is 42.1 Å². The largest absolute Gasteiger partial charge is 0.455 e. The normalized spacial score (nSPS) is 18.6. The van der Waals surface area contributed by atoms with Gasteiger partial charge in [-0.3, -0.25) is 4.98 Å². The van der Waals surface area contributed by atoms with Gasteiger partial charge in [-0.05, 0) is 32.4 Å². The second-order valence-corrected chi connectivity index (χ2v) is 6.46. The molecule has 6 nitrogen and oxygen atoms in total. The number of ether oxygens (including phenoxy) is 3. The Morgan fingerprint density at radius 3 is 2.59 bits per heavy atom. The summed E-state index contributed by atoms with van der Waals surface area (Å²) in [6, 6.07) is 1.89.